The highest BCUT2D eigenvalue weighted by molar-refractivity contribution is 9.10. The summed E-state index contributed by atoms with van der Waals surface area (Å²) in [7, 11) is 0. The Kier molecular flexibility index (Phi) is 4.76. The summed E-state index contributed by atoms with van der Waals surface area (Å²) in [5.74, 6) is 0.364. The van der Waals surface area contributed by atoms with Gasteiger partial charge in [-0.2, -0.15) is 0 Å². The Morgan fingerprint density at radius 2 is 1.96 bits per heavy atom. The average Bonchev–Trinajstić information content (AvgIpc) is 2.70. The summed E-state index contributed by atoms with van der Waals surface area (Å²) >= 11 is 3.46. The average molecular weight is 387 g/mol. The van der Waals surface area contributed by atoms with E-state index < -0.39 is 0 Å². The third-order valence-electron chi connectivity index (χ3n) is 3.80. The standard InChI is InChI=1S/C20H19BrO3/c1-20(2)11-17(16-10-15(21)8-9-18(16)24-13-20)19(22)23-12-14-6-4-3-5-7-14/h3-11H,12-13H2,1-2H3. The molecule has 3 nitrogen and oxygen atoms in total. The topological polar surface area (TPSA) is 35.5 Å². The van der Waals surface area contributed by atoms with E-state index in [4.69, 9.17) is 9.47 Å². The first kappa shape index (κ1) is 16.8. The number of rotatable bonds is 3. The maximum Gasteiger partial charge on any atom is 0.338 e. The number of carbonyl (C=O) groups is 1. The summed E-state index contributed by atoms with van der Waals surface area (Å²) in [5, 5.41) is 0. The molecule has 0 spiro atoms. The number of halogens is 1. The molecule has 0 saturated heterocycles. The van der Waals surface area contributed by atoms with E-state index >= 15 is 0 Å². The monoisotopic (exact) mass is 386 g/mol. The Morgan fingerprint density at radius 1 is 1.21 bits per heavy atom. The molecule has 0 N–H and O–H groups in total. The Balaban J connectivity index is 1.90. The van der Waals surface area contributed by atoms with Crippen LogP contribution in [0.3, 0.4) is 0 Å². The Labute approximate surface area is 150 Å². The van der Waals surface area contributed by atoms with Crippen LogP contribution in [0.4, 0.5) is 0 Å². The molecule has 0 bridgehead atoms. The molecule has 124 valence electrons. The van der Waals surface area contributed by atoms with E-state index in [1.54, 1.807) is 0 Å². The van der Waals surface area contributed by atoms with Crippen molar-refractivity contribution < 1.29 is 14.3 Å². The zero-order valence-electron chi connectivity index (χ0n) is 13.7. The van der Waals surface area contributed by atoms with Gasteiger partial charge in [-0.25, -0.2) is 4.79 Å². The normalized spacial score (nSPS) is 15.5. The van der Waals surface area contributed by atoms with Crippen molar-refractivity contribution in [3.8, 4) is 5.75 Å². The number of benzene rings is 2. The van der Waals surface area contributed by atoms with Crippen LogP contribution in [-0.4, -0.2) is 12.6 Å². The van der Waals surface area contributed by atoms with E-state index in [9.17, 15) is 4.79 Å². The van der Waals surface area contributed by atoms with Gasteiger partial charge in [0, 0.05) is 15.5 Å². The highest BCUT2D eigenvalue weighted by Gasteiger charge is 2.28. The fourth-order valence-corrected chi connectivity index (χ4v) is 2.94. The maximum absolute atomic E-state index is 12.7. The first-order valence-electron chi connectivity index (χ1n) is 7.81. The number of carbonyl (C=O) groups excluding carboxylic acids is 1. The SMILES string of the molecule is CC1(C)C=C(C(=O)OCc2ccccc2)c2cc(Br)ccc2OC1. The van der Waals surface area contributed by atoms with Gasteiger partial charge in [0.05, 0.1) is 12.2 Å². The number of esters is 1. The Hall–Kier alpha value is -2.07. The largest absolute Gasteiger partial charge is 0.492 e. The summed E-state index contributed by atoms with van der Waals surface area (Å²) in [6, 6.07) is 15.3. The predicted molar refractivity (Wildman–Crippen MR) is 97.6 cm³/mol. The lowest BCUT2D eigenvalue weighted by atomic mass is 9.90. The predicted octanol–water partition coefficient (Wildman–Crippen LogP) is 4.99. The van der Waals surface area contributed by atoms with Crippen LogP contribution in [0.2, 0.25) is 0 Å². The molecule has 0 aromatic heterocycles. The summed E-state index contributed by atoms with van der Waals surface area (Å²) < 4.78 is 12.3. The highest BCUT2D eigenvalue weighted by atomic mass is 79.9. The van der Waals surface area contributed by atoms with E-state index in [0.717, 1.165) is 15.6 Å². The second-order valence-corrected chi connectivity index (χ2v) is 7.45. The van der Waals surface area contributed by atoms with E-state index in [0.29, 0.717) is 17.9 Å². The maximum atomic E-state index is 12.7. The fraction of sp³-hybridized carbons (Fsp3) is 0.250. The van der Waals surface area contributed by atoms with Crippen molar-refractivity contribution in [3.05, 3.63) is 70.2 Å². The zero-order chi connectivity index (χ0) is 17.2. The molecular weight excluding hydrogens is 368 g/mol. The number of hydrogen-bond acceptors (Lipinski definition) is 3. The molecule has 2 aromatic carbocycles. The molecule has 0 amide bonds. The third kappa shape index (κ3) is 3.88. The number of ether oxygens (including phenoxy) is 2. The highest BCUT2D eigenvalue weighted by Crippen LogP contribution is 2.37. The number of fused-ring (bicyclic) bond motifs is 1. The van der Waals surface area contributed by atoms with Gasteiger partial charge in [-0.1, -0.05) is 66.2 Å². The molecule has 0 fully saturated rings. The van der Waals surface area contributed by atoms with Gasteiger partial charge in [-0.15, -0.1) is 0 Å². The molecule has 3 rings (SSSR count). The molecule has 0 unspecified atom stereocenters. The van der Waals surface area contributed by atoms with Crippen molar-refractivity contribution in [2.45, 2.75) is 20.5 Å². The molecule has 0 aliphatic carbocycles. The minimum Gasteiger partial charge on any atom is -0.492 e. The van der Waals surface area contributed by atoms with Gasteiger partial charge in [0.15, 0.2) is 0 Å². The van der Waals surface area contributed by atoms with Gasteiger partial charge in [0.25, 0.3) is 0 Å². The van der Waals surface area contributed by atoms with Crippen molar-refractivity contribution in [3.63, 3.8) is 0 Å². The Morgan fingerprint density at radius 3 is 2.71 bits per heavy atom. The van der Waals surface area contributed by atoms with Crippen molar-refractivity contribution in [1.29, 1.82) is 0 Å². The van der Waals surface area contributed by atoms with Gasteiger partial charge in [0.2, 0.25) is 0 Å². The molecular formula is C20H19BrO3. The summed E-state index contributed by atoms with van der Waals surface area (Å²) in [6.07, 6.45) is 1.94. The van der Waals surface area contributed by atoms with Crippen LogP contribution in [0, 0.1) is 5.41 Å². The van der Waals surface area contributed by atoms with Crippen LogP contribution in [0.25, 0.3) is 5.57 Å². The molecule has 24 heavy (non-hydrogen) atoms. The number of hydrogen-bond donors (Lipinski definition) is 0. The van der Waals surface area contributed by atoms with Crippen molar-refractivity contribution >= 4 is 27.5 Å². The lowest BCUT2D eigenvalue weighted by Crippen LogP contribution is -2.18. The smallest absolute Gasteiger partial charge is 0.338 e. The molecule has 1 heterocycles. The van der Waals surface area contributed by atoms with Crippen LogP contribution < -0.4 is 4.74 Å². The van der Waals surface area contributed by atoms with Gasteiger partial charge in [-0.05, 0) is 23.8 Å². The lowest BCUT2D eigenvalue weighted by Gasteiger charge is -2.18. The first-order chi connectivity index (χ1) is 11.4. The lowest BCUT2D eigenvalue weighted by molar-refractivity contribution is -0.137. The van der Waals surface area contributed by atoms with E-state index in [1.165, 1.54) is 0 Å². The van der Waals surface area contributed by atoms with Crippen LogP contribution in [0.15, 0.2) is 59.1 Å². The first-order valence-corrected chi connectivity index (χ1v) is 8.60. The summed E-state index contributed by atoms with van der Waals surface area (Å²) in [4.78, 5) is 12.7. The quantitative estimate of drug-likeness (QED) is 0.696. The molecule has 0 radical (unpaired) electrons. The zero-order valence-corrected chi connectivity index (χ0v) is 15.3. The minimum atomic E-state index is -0.336. The van der Waals surface area contributed by atoms with Crippen LogP contribution in [0.1, 0.15) is 25.0 Å². The van der Waals surface area contributed by atoms with Gasteiger partial charge in [0.1, 0.15) is 12.4 Å². The summed E-state index contributed by atoms with van der Waals surface area (Å²) in [6.45, 7) is 4.84. The van der Waals surface area contributed by atoms with Crippen molar-refractivity contribution in [2.75, 3.05) is 6.61 Å². The third-order valence-corrected chi connectivity index (χ3v) is 4.29. The van der Waals surface area contributed by atoms with Crippen LogP contribution in [-0.2, 0) is 16.1 Å². The molecule has 1 aliphatic rings. The van der Waals surface area contributed by atoms with Crippen LogP contribution >= 0.6 is 15.9 Å². The Bertz CT molecular complexity index is 779. The minimum absolute atomic E-state index is 0.252. The van der Waals surface area contributed by atoms with Crippen molar-refractivity contribution in [2.24, 2.45) is 5.41 Å². The van der Waals surface area contributed by atoms with Gasteiger partial charge < -0.3 is 9.47 Å². The fourth-order valence-electron chi connectivity index (χ4n) is 2.58. The van der Waals surface area contributed by atoms with Crippen molar-refractivity contribution in [1.82, 2.24) is 0 Å². The molecule has 0 atom stereocenters. The molecule has 4 heteroatoms. The van der Waals surface area contributed by atoms with Crippen LogP contribution in [0.5, 0.6) is 5.75 Å². The molecule has 0 saturated carbocycles. The summed E-state index contributed by atoms with van der Waals surface area (Å²) in [5.41, 5.74) is 2.01. The van der Waals surface area contributed by atoms with E-state index in [1.807, 2.05) is 68.5 Å². The van der Waals surface area contributed by atoms with Gasteiger partial charge in [-0.3, -0.25) is 0 Å². The second-order valence-electron chi connectivity index (χ2n) is 6.54. The van der Waals surface area contributed by atoms with E-state index in [-0.39, 0.29) is 18.0 Å². The molecule has 1 aliphatic heterocycles. The molecule has 2 aromatic rings. The second kappa shape index (κ2) is 6.81. The van der Waals surface area contributed by atoms with Gasteiger partial charge >= 0.3 is 5.97 Å². The van der Waals surface area contributed by atoms with E-state index in [2.05, 4.69) is 15.9 Å².